The van der Waals surface area contributed by atoms with Crippen LogP contribution in [-0.4, -0.2) is 24.3 Å². The molecule has 0 bridgehead atoms. The second kappa shape index (κ2) is 5.91. The van der Waals surface area contributed by atoms with Gasteiger partial charge in [-0.25, -0.2) is 14.5 Å². The smallest absolute Gasteiger partial charge is 0.267 e. The van der Waals surface area contributed by atoms with E-state index in [-0.39, 0.29) is 11.5 Å². The van der Waals surface area contributed by atoms with Crippen LogP contribution in [0.2, 0.25) is 0 Å². The van der Waals surface area contributed by atoms with Crippen LogP contribution >= 0.6 is 0 Å². The van der Waals surface area contributed by atoms with Crippen LogP contribution < -0.4 is 11.2 Å². The van der Waals surface area contributed by atoms with Crippen molar-refractivity contribution in [3.05, 3.63) is 50.7 Å². The second-order valence-corrected chi connectivity index (χ2v) is 6.54. The van der Waals surface area contributed by atoms with E-state index in [2.05, 4.69) is 22.0 Å². The Morgan fingerprint density at radius 1 is 1.12 bits per heavy atom. The molecule has 3 aliphatic rings. The molecule has 1 aliphatic carbocycles. The van der Waals surface area contributed by atoms with Gasteiger partial charge in [0.05, 0.1) is 0 Å². The average molecular weight is 337 g/mol. The summed E-state index contributed by atoms with van der Waals surface area (Å²) in [6, 6.07) is 7.99. The minimum absolute atomic E-state index is 0.187. The number of aromatic nitrogens is 5. The third kappa shape index (κ3) is 2.86. The van der Waals surface area contributed by atoms with E-state index < -0.39 is 11.2 Å². The van der Waals surface area contributed by atoms with E-state index >= 15 is 0 Å². The molecule has 2 heterocycles. The largest absolute Gasteiger partial charge is 0.352 e. The van der Waals surface area contributed by atoms with Crippen molar-refractivity contribution in [3.8, 4) is 22.9 Å². The molecule has 0 aromatic heterocycles. The number of rotatable bonds is 4. The quantitative estimate of drug-likeness (QED) is 0.720. The lowest BCUT2D eigenvalue weighted by molar-refractivity contribution is 0.539. The first-order chi connectivity index (χ1) is 12.1. The average Bonchev–Trinajstić information content (AvgIpc) is 3.44. The minimum atomic E-state index is -0.578. The van der Waals surface area contributed by atoms with Crippen LogP contribution in [0.15, 0.2) is 33.9 Å². The number of aryl methyl sites for hydroxylation is 1. The Morgan fingerprint density at radius 2 is 1.84 bits per heavy atom. The van der Waals surface area contributed by atoms with Gasteiger partial charge in [-0.1, -0.05) is 31.2 Å². The van der Waals surface area contributed by atoms with Gasteiger partial charge in [-0.2, -0.15) is 10.1 Å². The number of hydrogen-bond acceptors (Lipinski definition) is 5. The fourth-order valence-electron chi connectivity index (χ4n) is 2.81. The molecule has 1 aromatic rings. The summed E-state index contributed by atoms with van der Waals surface area (Å²) in [5, 5.41) is 4.57. The predicted molar refractivity (Wildman–Crippen MR) is 93.5 cm³/mol. The predicted octanol–water partition coefficient (Wildman–Crippen LogP) is 1.48. The third-order valence-electron chi connectivity index (χ3n) is 4.63. The molecule has 0 amide bonds. The highest BCUT2D eigenvalue weighted by Gasteiger charge is 2.27. The first-order valence-corrected chi connectivity index (χ1v) is 8.52. The normalized spacial score (nSPS) is 14.2. The van der Waals surface area contributed by atoms with Crippen LogP contribution in [-0.2, 0) is 20.0 Å². The fourth-order valence-corrected chi connectivity index (χ4v) is 2.81. The van der Waals surface area contributed by atoms with Gasteiger partial charge in [0.1, 0.15) is 0 Å². The molecule has 0 radical (unpaired) electrons. The van der Waals surface area contributed by atoms with Crippen LogP contribution in [0.4, 0.5) is 0 Å². The van der Waals surface area contributed by atoms with Crippen molar-refractivity contribution < 1.29 is 0 Å². The first kappa shape index (κ1) is 15.7. The summed E-state index contributed by atoms with van der Waals surface area (Å²) >= 11 is 0. The third-order valence-corrected chi connectivity index (χ3v) is 4.63. The molecule has 1 fully saturated rings. The van der Waals surface area contributed by atoms with Crippen molar-refractivity contribution in [1.29, 1.82) is 0 Å². The SMILES string of the molecule is CCc1ccc(-c2nc3c(=O)n(C)c(=O)nc-3n(CC3CC3)n2)cc1. The highest BCUT2D eigenvalue weighted by molar-refractivity contribution is 5.59. The summed E-state index contributed by atoms with van der Waals surface area (Å²) in [5.74, 6) is 1.28. The Balaban J connectivity index is 1.93. The molecule has 0 atom stereocenters. The van der Waals surface area contributed by atoms with Crippen molar-refractivity contribution >= 4 is 0 Å². The topological polar surface area (TPSA) is 82.7 Å². The number of benzene rings is 1. The van der Waals surface area contributed by atoms with Crippen LogP contribution in [0.1, 0.15) is 25.3 Å². The van der Waals surface area contributed by atoms with Gasteiger partial charge in [0.25, 0.3) is 5.56 Å². The van der Waals surface area contributed by atoms with E-state index in [1.54, 1.807) is 4.68 Å². The summed E-state index contributed by atoms with van der Waals surface area (Å²) in [7, 11) is 1.42. The summed E-state index contributed by atoms with van der Waals surface area (Å²) in [5.41, 5.74) is 1.24. The van der Waals surface area contributed by atoms with Gasteiger partial charge in [-0.05, 0) is 30.7 Å². The zero-order chi connectivity index (χ0) is 17.6. The standard InChI is InChI=1S/C18H19N5O2/c1-3-11-6-8-13(9-7-11)15-19-14-16(20-18(25)22(2)17(14)24)23(21-15)10-12-4-5-12/h6-9,12H,3-5,10H2,1-2H3. The highest BCUT2D eigenvalue weighted by atomic mass is 16.2. The summed E-state index contributed by atoms with van der Waals surface area (Å²) in [4.78, 5) is 32.9. The van der Waals surface area contributed by atoms with E-state index in [0.29, 0.717) is 18.3 Å². The number of nitrogens with zero attached hydrogens (tertiary/aromatic N) is 5. The van der Waals surface area contributed by atoms with Gasteiger partial charge >= 0.3 is 5.69 Å². The van der Waals surface area contributed by atoms with Crippen LogP contribution in [0.3, 0.4) is 0 Å². The molecule has 0 spiro atoms. The van der Waals surface area contributed by atoms with Crippen molar-refractivity contribution in [2.45, 2.75) is 32.7 Å². The van der Waals surface area contributed by atoms with Gasteiger partial charge in [-0.15, -0.1) is 0 Å². The Bertz CT molecular complexity index is 1020. The Hall–Kier alpha value is -2.83. The molecule has 1 aromatic carbocycles. The van der Waals surface area contributed by atoms with Crippen LogP contribution in [0.25, 0.3) is 22.9 Å². The maximum Gasteiger partial charge on any atom is 0.352 e. The lowest BCUT2D eigenvalue weighted by Crippen LogP contribution is -2.37. The van der Waals surface area contributed by atoms with Crippen molar-refractivity contribution in [2.75, 3.05) is 0 Å². The molecule has 0 unspecified atom stereocenters. The zero-order valence-corrected chi connectivity index (χ0v) is 14.3. The molecule has 0 saturated heterocycles. The molecule has 7 nitrogen and oxygen atoms in total. The van der Waals surface area contributed by atoms with Gasteiger partial charge in [-0.3, -0.25) is 9.36 Å². The lowest BCUT2D eigenvalue weighted by atomic mass is 10.1. The Kier molecular flexibility index (Phi) is 3.71. The van der Waals surface area contributed by atoms with Gasteiger partial charge in [0.15, 0.2) is 17.3 Å². The fraction of sp³-hybridized carbons (Fsp3) is 0.389. The van der Waals surface area contributed by atoms with Crippen molar-refractivity contribution in [3.63, 3.8) is 0 Å². The minimum Gasteiger partial charge on any atom is -0.267 e. The second-order valence-electron chi connectivity index (χ2n) is 6.54. The Labute approximate surface area is 144 Å². The lowest BCUT2D eigenvalue weighted by Gasteiger charge is -2.14. The van der Waals surface area contributed by atoms with Gasteiger partial charge < -0.3 is 0 Å². The first-order valence-electron chi connectivity index (χ1n) is 8.52. The molecule has 0 N–H and O–H groups in total. The summed E-state index contributed by atoms with van der Waals surface area (Å²) < 4.78 is 2.66. The van der Waals surface area contributed by atoms with Crippen molar-refractivity contribution in [1.82, 2.24) is 24.3 Å². The summed E-state index contributed by atoms with van der Waals surface area (Å²) in [6.07, 6.45) is 3.22. The van der Waals surface area contributed by atoms with Gasteiger partial charge in [0, 0.05) is 19.2 Å². The number of hydrogen-bond donors (Lipinski definition) is 0. The van der Waals surface area contributed by atoms with E-state index in [1.807, 2.05) is 24.3 Å². The molecule has 4 rings (SSSR count). The molecular weight excluding hydrogens is 318 g/mol. The van der Waals surface area contributed by atoms with Gasteiger partial charge in [0.2, 0.25) is 0 Å². The van der Waals surface area contributed by atoms with E-state index in [0.717, 1.165) is 29.4 Å². The van der Waals surface area contributed by atoms with E-state index in [9.17, 15) is 9.59 Å². The molecule has 1 saturated carbocycles. The molecular formula is C18H19N5O2. The molecule has 2 aliphatic heterocycles. The highest BCUT2D eigenvalue weighted by Crippen LogP contribution is 2.31. The maximum atomic E-state index is 12.5. The van der Waals surface area contributed by atoms with Crippen LogP contribution in [0, 0.1) is 5.92 Å². The van der Waals surface area contributed by atoms with E-state index in [4.69, 9.17) is 0 Å². The summed E-state index contributed by atoms with van der Waals surface area (Å²) in [6.45, 7) is 2.75. The maximum absolute atomic E-state index is 12.5. The van der Waals surface area contributed by atoms with E-state index in [1.165, 1.54) is 12.6 Å². The monoisotopic (exact) mass is 337 g/mol. The Morgan fingerprint density at radius 3 is 2.48 bits per heavy atom. The molecule has 25 heavy (non-hydrogen) atoms. The molecule has 7 heteroatoms. The molecule has 128 valence electrons. The zero-order valence-electron chi connectivity index (χ0n) is 14.3. The van der Waals surface area contributed by atoms with Crippen LogP contribution in [0.5, 0.6) is 0 Å². The van der Waals surface area contributed by atoms with Crippen molar-refractivity contribution in [2.24, 2.45) is 13.0 Å². The number of fused-ring (bicyclic) bond motifs is 1.